The molecule has 0 atom stereocenters. The first-order valence-corrected chi connectivity index (χ1v) is 5.38. The molecule has 0 saturated carbocycles. The van der Waals surface area contributed by atoms with E-state index >= 15 is 0 Å². The third kappa shape index (κ3) is 2.43. The van der Waals surface area contributed by atoms with Crippen molar-refractivity contribution in [3.05, 3.63) is 42.2 Å². The maximum absolute atomic E-state index is 11.9. The van der Waals surface area contributed by atoms with Gasteiger partial charge in [-0.2, -0.15) is 0 Å². The summed E-state index contributed by atoms with van der Waals surface area (Å²) in [5.74, 6) is 2.29. The molecule has 0 radical (unpaired) electrons. The van der Waals surface area contributed by atoms with E-state index in [1.54, 1.807) is 6.20 Å². The Morgan fingerprint density at radius 2 is 2.18 bits per heavy atom. The molecule has 0 unspecified atom stereocenters. The first kappa shape index (κ1) is 11.2. The molecule has 17 heavy (non-hydrogen) atoms. The minimum absolute atomic E-state index is 0.183. The molecule has 1 heterocycles. The van der Waals surface area contributed by atoms with Crippen LogP contribution in [0.3, 0.4) is 0 Å². The van der Waals surface area contributed by atoms with E-state index in [4.69, 9.17) is 6.42 Å². The third-order valence-corrected chi connectivity index (χ3v) is 2.44. The smallest absolute Gasteiger partial charge is 0.270 e. The molecule has 0 fully saturated rings. The van der Waals surface area contributed by atoms with Gasteiger partial charge in [-0.1, -0.05) is 24.3 Å². The number of amides is 1. The number of benzene rings is 1. The maximum Gasteiger partial charge on any atom is 0.270 e. The van der Waals surface area contributed by atoms with Crippen molar-refractivity contribution in [1.29, 1.82) is 0 Å². The van der Waals surface area contributed by atoms with Crippen LogP contribution in [0.15, 0.2) is 36.5 Å². The average molecular weight is 224 g/mol. The van der Waals surface area contributed by atoms with Crippen LogP contribution in [0, 0.1) is 12.3 Å². The fourth-order valence-corrected chi connectivity index (χ4v) is 1.63. The molecule has 1 amide bonds. The van der Waals surface area contributed by atoms with E-state index in [1.165, 1.54) is 0 Å². The van der Waals surface area contributed by atoms with Gasteiger partial charge in [0.25, 0.3) is 5.91 Å². The Balaban J connectivity index is 2.29. The Labute approximate surface area is 99.9 Å². The zero-order valence-corrected chi connectivity index (χ0v) is 9.31. The first-order chi connectivity index (χ1) is 8.33. The van der Waals surface area contributed by atoms with Gasteiger partial charge in [-0.05, 0) is 11.5 Å². The molecule has 0 aliphatic heterocycles. The number of aromatic nitrogens is 1. The van der Waals surface area contributed by atoms with E-state index in [-0.39, 0.29) is 5.91 Å². The zero-order chi connectivity index (χ0) is 12.1. The van der Waals surface area contributed by atoms with Gasteiger partial charge < -0.3 is 5.32 Å². The molecule has 2 rings (SSSR count). The summed E-state index contributed by atoms with van der Waals surface area (Å²) >= 11 is 0. The van der Waals surface area contributed by atoms with Crippen molar-refractivity contribution in [1.82, 2.24) is 10.3 Å². The highest BCUT2D eigenvalue weighted by Crippen LogP contribution is 2.15. The summed E-state index contributed by atoms with van der Waals surface area (Å²) in [7, 11) is 0. The van der Waals surface area contributed by atoms with Crippen molar-refractivity contribution < 1.29 is 4.79 Å². The largest absolute Gasteiger partial charge is 0.350 e. The Bertz CT molecular complexity index is 579. The van der Waals surface area contributed by atoms with Crippen LogP contribution in [0.5, 0.6) is 0 Å². The maximum atomic E-state index is 11.9. The minimum atomic E-state index is -0.183. The van der Waals surface area contributed by atoms with Crippen molar-refractivity contribution in [3.8, 4) is 12.3 Å². The number of terminal acetylenes is 1. The van der Waals surface area contributed by atoms with Gasteiger partial charge >= 0.3 is 0 Å². The number of fused-ring (bicyclic) bond motifs is 1. The standard InChI is InChI=1S/C14H12N2O/c1-2-3-9-16-14(17)13-12-7-5-4-6-11(12)8-10-15-13/h1,4-8,10H,3,9H2,(H,16,17). The number of nitrogens with one attached hydrogen (secondary N) is 1. The van der Waals surface area contributed by atoms with Crippen LogP contribution in [0.4, 0.5) is 0 Å². The normalized spacial score (nSPS) is 9.82. The van der Waals surface area contributed by atoms with Gasteiger partial charge in [-0.15, -0.1) is 12.3 Å². The Kier molecular flexibility index (Phi) is 3.37. The second-order valence-electron chi connectivity index (χ2n) is 3.59. The van der Waals surface area contributed by atoms with E-state index in [2.05, 4.69) is 16.2 Å². The van der Waals surface area contributed by atoms with Gasteiger partial charge in [-0.25, -0.2) is 0 Å². The summed E-state index contributed by atoms with van der Waals surface area (Å²) in [6.45, 7) is 0.472. The lowest BCUT2D eigenvalue weighted by molar-refractivity contribution is 0.0951. The molecule has 1 N–H and O–H groups in total. The first-order valence-electron chi connectivity index (χ1n) is 5.38. The lowest BCUT2D eigenvalue weighted by Crippen LogP contribution is -2.25. The van der Waals surface area contributed by atoms with E-state index in [9.17, 15) is 4.79 Å². The van der Waals surface area contributed by atoms with Crippen molar-refractivity contribution in [2.45, 2.75) is 6.42 Å². The molecule has 0 aliphatic carbocycles. The Hall–Kier alpha value is -2.34. The number of hydrogen-bond acceptors (Lipinski definition) is 2. The SMILES string of the molecule is C#CCCNC(=O)c1nccc2ccccc12. The van der Waals surface area contributed by atoms with Gasteiger partial charge in [0.15, 0.2) is 0 Å². The molecule has 0 saturated heterocycles. The highest BCUT2D eigenvalue weighted by molar-refractivity contribution is 6.05. The number of pyridine rings is 1. The van der Waals surface area contributed by atoms with Gasteiger partial charge in [0, 0.05) is 24.5 Å². The van der Waals surface area contributed by atoms with Crippen LogP contribution in [-0.2, 0) is 0 Å². The predicted molar refractivity (Wildman–Crippen MR) is 67.5 cm³/mol. The lowest BCUT2D eigenvalue weighted by Gasteiger charge is -2.05. The summed E-state index contributed by atoms with van der Waals surface area (Å²) in [6, 6.07) is 9.55. The molecule has 1 aromatic heterocycles. The van der Waals surface area contributed by atoms with Crippen LogP contribution in [0.1, 0.15) is 16.9 Å². The number of carbonyl (C=O) groups is 1. The topological polar surface area (TPSA) is 42.0 Å². The summed E-state index contributed by atoms with van der Waals surface area (Å²) in [5, 5.41) is 4.61. The van der Waals surface area contributed by atoms with E-state index in [0.29, 0.717) is 18.7 Å². The van der Waals surface area contributed by atoms with Gasteiger partial charge in [0.1, 0.15) is 5.69 Å². The molecular weight excluding hydrogens is 212 g/mol. The zero-order valence-electron chi connectivity index (χ0n) is 9.31. The van der Waals surface area contributed by atoms with Crippen LogP contribution in [0.25, 0.3) is 10.8 Å². The number of nitrogens with zero attached hydrogens (tertiary/aromatic N) is 1. The fourth-order valence-electron chi connectivity index (χ4n) is 1.63. The summed E-state index contributed by atoms with van der Waals surface area (Å²) in [6.07, 6.45) is 7.29. The molecule has 1 aromatic carbocycles. The summed E-state index contributed by atoms with van der Waals surface area (Å²) < 4.78 is 0. The highest BCUT2D eigenvalue weighted by atomic mass is 16.1. The van der Waals surface area contributed by atoms with Gasteiger partial charge in [0.2, 0.25) is 0 Å². The van der Waals surface area contributed by atoms with Crippen LogP contribution in [0.2, 0.25) is 0 Å². The Morgan fingerprint density at radius 3 is 3.00 bits per heavy atom. The van der Waals surface area contributed by atoms with Crippen LogP contribution >= 0.6 is 0 Å². The quantitative estimate of drug-likeness (QED) is 0.640. The van der Waals surface area contributed by atoms with Crippen LogP contribution < -0.4 is 5.32 Å². The summed E-state index contributed by atoms with van der Waals surface area (Å²) in [4.78, 5) is 16.0. The molecule has 0 bridgehead atoms. The fraction of sp³-hybridized carbons (Fsp3) is 0.143. The van der Waals surface area contributed by atoms with Crippen molar-refractivity contribution >= 4 is 16.7 Å². The third-order valence-electron chi connectivity index (χ3n) is 2.44. The highest BCUT2D eigenvalue weighted by Gasteiger charge is 2.09. The number of carbonyl (C=O) groups excluding carboxylic acids is 1. The molecule has 3 heteroatoms. The van der Waals surface area contributed by atoms with Crippen molar-refractivity contribution in [2.75, 3.05) is 6.54 Å². The molecule has 84 valence electrons. The van der Waals surface area contributed by atoms with E-state index in [0.717, 1.165) is 10.8 Å². The Morgan fingerprint density at radius 1 is 1.35 bits per heavy atom. The molecule has 0 spiro atoms. The predicted octanol–water partition coefficient (Wildman–Crippen LogP) is 1.99. The van der Waals surface area contributed by atoms with Gasteiger partial charge in [0.05, 0.1) is 0 Å². The second-order valence-corrected chi connectivity index (χ2v) is 3.59. The number of hydrogen-bond donors (Lipinski definition) is 1. The molecule has 0 aliphatic rings. The van der Waals surface area contributed by atoms with Crippen molar-refractivity contribution in [3.63, 3.8) is 0 Å². The molecule has 2 aromatic rings. The van der Waals surface area contributed by atoms with Crippen molar-refractivity contribution in [2.24, 2.45) is 0 Å². The van der Waals surface area contributed by atoms with E-state index < -0.39 is 0 Å². The average Bonchev–Trinajstić information content (AvgIpc) is 2.38. The number of rotatable bonds is 3. The van der Waals surface area contributed by atoms with Gasteiger partial charge in [-0.3, -0.25) is 9.78 Å². The summed E-state index contributed by atoms with van der Waals surface area (Å²) in [5.41, 5.74) is 0.445. The lowest BCUT2D eigenvalue weighted by atomic mass is 10.1. The van der Waals surface area contributed by atoms with Crippen LogP contribution in [-0.4, -0.2) is 17.4 Å². The monoisotopic (exact) mass is 224 g/mol. The van der Waals surface area contributed by atoms with E-state index in [1.807, 2.05) is 30.3 Å². The molecule has 3 nitrogen and oxygen atoms in total. The minimum Gasteiger partial charge on any atom is -0.350 e. The second kappa shape index (κ2) is 5.13. The molecular formula is C14H12N2O.